The van der Waals surface area contributed by atoms with E-state index in [0.29, 0.717) is 12.5 Å². The number of nitrogens with two attached hydrogens (primary N) is 1. The standard InChI is InChI=1S/C14H21NO/c1-10(2)16-9-13(15)8-12-7-11-5-3-4-6-14(11)12/h3-6,10,12-13H,7-9,15H2,1-2H3. The Hall–Kier alpha value is -0.860. The number of rotatable bonds is 5. The summed E-state index contributed by atoms with van der Waals surface area (Å²) in [7, 11) is 0. The highest BCUT2D eigenvalue weighted by molar-refractivity contribution is 5.39. The second kappa shape index (κ2) is 4.98. The van der Waals surface area contributed by atoms with Crippen LogP contribution < -0.4 is 5.73 Å². The zero-order chi connectivity index (χ0) is 11.5. The minimum atomic E-state index is 0.167. The lowest BCUT2D eigenvalue weighted by Crippen LogP contribution is -2.32. The van der Waals surface area contributed by atoms with Gasteiger partial charge in [0.25, 0.3) is 0 Å². The first-order valence-electron chi connectivity index (χ1n) is 6.11. The van der Waals surface area contributed by atoms with E-state index in [0.717, 1.165) is 6.42 Å². The van der Waals surface area contributed by atoms with Gasteiger partial charge in [-0.15, -0.1) is 0 Å². The molecule has 1 aromatic carbocycles. The van der Waals surface area contributed by atoms with Crippen molar-refractivity contribution in [2.45, 2.75) is 44.8 Å². The number of fused-ring (bicyclic) bond motifs is 1. The van der Waals surface area contributed by atoms with Gasteiger partial charge in [0.05, 0.1) is 12.7 Å². The molecule has 0 saturated heterocycles. The van der Waals surface area contributed by atoms with Gasteiger partial charge < -0.3 is 10.5 Å². The molecule has 0 saturated carbocycles. The molecule has 88 valence electrons. The third kappa shape index (κ3) is 2.63. The van der Waals surface area contributed by atoms with E-state index in [1.807, 2.05) is 13.8 Å². The van der Waals surface area contributed by atoms with E-state index in [1.165, 1.54) is 17.5 Å². The molecular weight excluding hydrogens is 198 g/mol. The lowest BCUT2D eigenvalue weighted by molar-refractivity contribution is 0.0652. The Kier molecular flexibility index (Phi) is 3.62. The number of hydrogen-bond donors (Lipinski definition) is 1. The van der Waals surface area contributed by atoms with Crippen molar-refractivity contribution in [1.82, 2.24) is 0 Å². The van der Waals surface area contributed by atoms with E-state index < -0.39 is 0 Å². The van der Waals surface area contributed by atoms with Gasteiger partial charge in [0.1, 0.15) is 0 Å². The summed E-state index contributed by atoms with van der Waals surface area (Å²) in [6, 6.07) is 8.82. The molecule has 0 radical (unpaired) electrons. The second-order valence-electron chi connectivity index (χ2n) is 4.98. The molecule has 1 aliphatic carbocycles. The van der Waals surface area contributed by atoms with Crippen LogP contribution >= 0.6 is 0 Å². The SMILES string of the molecule is CC(C)OCC(N)CC1Cc2ccccc21. The van der Waals surface area contributed by atoms with Crippen LogP contribution in [-0.4, -0.2) is 18.8 Å². The van der Waals surface area contributed by atoms with Crippen molar-refractivity contribution >= 4 is 0 Å². The summed E-state index contributed by atoms with van der Waals surface area (Å²) in [5, 5.41) is 0. The second-order valence-corrected chi connectivity index (χ2v) is 4.98. The molecule has 1 aliphatic rings. The molecule has 2 rings (SSSR count). The number of hydrogen-bond acceptors (Lipinski definition) is 2. The minimum absolute atomic E-state index is 0.167. The highest BCUT2D eigenvalue weighted by Gasteiger charge is 2.26. The molecule has 0 heterocycles. The van der Waals surface area contributed by atoms with Gasteiger partial charge in [-0.05, 0) is 43.7 Å². The minimum Gasteiger partial charge on any atom is -0.377 e. The molecule has 2 N–H and O–H groups in total. The Morgan fingerprint density at radius 1 is 1.38 bits per heavy atom. The Morgan fingerprint density at radius 3 is 2.81 bits per heavy atom. The fourth-order valence-corrected chi connectivity index (χ4v) is 2.32. The largest absolute Gasteiger partial charge is 0.377 e. The van der Waals surface area contributed by atoms with Gasteiger partial charge in [0.15, 0.2) is 0 Å². The van der Waals surface area contributed by atoms with Crippen LogP contribution in [0.25, 0.3) is 0 Å². The maximum atomic E-state index is 6.06. The summed E-state index contributed by atoms with van der Waals surface area (Å²) in [6.07, 6.45) is 2.51. The fourth-order valence-electron chi connectivity index (χ4n) is 2.32. The van der Waals surface area contributed by atoms with E-state index in [-0.39, 0.29) is 12.1 Å². The van der Waals surface area contributed by atoms with Crippen molar-refractivity contribution in [1.29, 1.82) is 0 Å². The van der Waals surface area contributed by atoms with Crippen molar-refractivity contribution in [3.63, 3.8) is 0 Å². The zero-order valence-electron chi connectivity index (χ0n) is 10.1. The molecule has 0 bridgehead atoms. The number of ether oxygens (including phenoxy) is 1. The Bertz CT molecular complexity index is 348. The summed E-state index contributed by atoms with van der Waals surface area (Å²) in [6.45, 7) is 4.77. The van der Waals surface area contributed by atoms with Crippen LogP contribution in [-0.2, 0) is 11.2 Å². The molecule has 2 nitrogen and oxygen atoms in total. The van der Waals surface area contributed by atoms with Crippen molar-refractivity contribution in [2.24, 2.45) is 5.73 Å². The van der Waals surface area contributed by atoms with Crippen LogP contribution in [0.15, 0.2) is 24.3 Å². The molecule has 2 unspecified atom stereocenters. The molecular formula is C14H21NO. The van der Waals surface area contributed by atoms with E-state index >= 15 is 0 Å². The van der Waals surface area contributed by atoms with Gasteiger partial charge in [-0.2, -0.15) is 0 Å². The normalized spacial score (nSPS) is 20.4. The lowest BCUT2D eigenvalue weighted by Gasteiger charge is -2.32. The predicted molar refractivity (Wildman–Crippen MR) is 66.6 cm³/mol. The third-order valence-corrected chi connectivity index (χ3v) is 3.19. The predicted octanol–water partition coefficient (Wildman–Crippen LogP) is 2.47. The molecule has 16 heavy (non-hydrogen) atoms. The lowest BCUT2D eigenvalue weighted by atomic mass is 9.74. The van der Waals surface area contributed by atoms with Crippen LogP contribution in [0, 0.1) is 0 Å². The van der Waals surface area contributed by atoms with Crippen LogP contribution in [0.4, 0.5) is 0 Å². The van der Waals surface area contributed by atoms with Gasteiger partial charge in [0.2, 0.25) is 0 Å². The van der Waals surface area contributed by atoms with Crippen molar-refractivity contribution < 1.29 is 4.74 Å². The molecule has 2 atom stereocenters. The first-order chi connectivity index (χ1) is 7.66. The van der Waals surface area contributed by atoms with Crippen molar-refractivity contribution in [2.75, 3.05) is 6.61 Å². The Labute approximate surface area is 97.8 Å². The Morgan fingerprint density at radius 2 is 2.12 bits per heavy atom. The average Bonchev–Trinajstić information content (AvgIpc) is 2.23. The molecule has 0 spiro atoms. The van der Waals surface area contributed by atoms with E-state index in [4.69, 9.17) is 10.5 Å². The van der Waals surface area contributed by atoms with Gasteiger partial charge in [-0.1, -0.05) is 24.3 Å². The summed E-state index contributed by atoms with van der Waals surface area (Å²) in [5.41, 5.74) is 9.04. The highest BCUT2D eigenvalue weighted by atomic mass is 16.5. The smallest absolute Gasteiger partial charge is 0.0621 e. The quantitative estimate of drug-likeness (QED) is 0.825. The third-order valence-electron chi connectivity index (χ3n) is 3.19. The van der Waals surface area contributed by atoms with Crippen molar-refractivity contribution in [3.8, 4) is 0 Å². The number of benzene rings is 1. The maximum Gasteiger partial charge on any atom is 0.0621 e. The van der Waals surface area contributed by atoms with E-state index in [1.54, 1.807) is 0 Å². The summed E-state index contributed by atoms with van der Waals surface area (Å²) in [5.74, 6) is 0.655. The van der Waals surface area contributed by atoms with Crippen molar-refractivity contribution in [3.05, 3.63) is 35.4 Å². The summed E-state index contributed by atoms with van der Waals surface area (Å²) < 4.78 is 5.54. The molecule has 0 amide bonds. The average molecular weight is 219 g/mol. The monoisotopic (exact) mass is 219 g/mol. The topological polar surface area (TPSA) is 35.2 Å². The Balaban J connectivity index is 1.80. The van der Waals surface area contributed by atoms with Gasteiger partial charge >= 0.3 is 0 Å². The van der Waals surface area contributed by atoms with Gasteiger partial charge in [-0.25, -0.2) is 0 Å². The van der Waals surface area contributed by atoms with E-state index in [9.17, 15) is 0 Å². The van der Waals surface area contributed by atoms with Gasteiger partial charge in [-0.3, -0.25) is 0 Å². The highest BCUT2D eigenvalue weighted by Crippen LogP contribution is 2.37. The van der Waals surface area contributed by atoms with Crippen LogP contribution in [0.1, 0.15) is 37.3 Å². The molecule has 1 aromatic rings. The zero-order valence-corrected chi connectivity index (χ0v) is 10.1. The summed E-state index contributed by atoms with van der Waals surface area (Å²) >= 11 is 0. The first-order valence-corrected chi connectivity index (χ1v) is 6.11. The molecule has 2 heteroatoms. The molecule has 0 fully saturated rings. The van der Waals surface area contributed by atoms with E-state index in [2.05, 4.69) is 24.3 Å². The van der Waals surface area contributed by atoms with Crippen LogP contribution in [0.5, 0.6) is 0 Å². The fraction of sp³-hybridized carbons (Fsp3) is 0.571. The molecule has 0 aliphatic heterocycles. The van der Waals surface area contributed by atoms with Crippen LogP contribution in [0.3, 0.4) is 0 Å². The molecule has 0 aromatic heterocycles. The summed E-state index contributed by atoms with van der Waals surface area (Å²) in [4.78, 5) is 0. The van der Waals surface area contributed by atoms with Gasteiger partial charge in [0, 0.05) is 6.04 Å². The maximum absolute atomic E-state index is 6.06. The first kappa shape index (κ1) is 11.6. The van der Waals surface area contributed by atoms with Crippen LogP contribution in [0.2, 0.25) is 0 Å².